The fourth-order valence-electron chi connectivity index (χ4n) is 1.33. The van der Waals surface area contributed by atoms with Crippen LogP contribution in [0, 0.1) is 0 Å². The fourth-order valence-corrected chi connectivity index (χ4v) is 1.33. The number of halogens is 1. The van der Waals surface area contributed by atoms with Gasteiger partial charge in [-0.15, -0.1) is 12.4 Å². The molecule has 1 aliphatic rings. The number of nitrogens with zero attached hydrogens (tertiary/aromatic N) is 1. The van der Waals surface area contributed by atoms with E-state index in [1.807, 2.05) is 0 Å². The van der Waals surface area contributed by atoms with Gasteiger partial charge in [-0.1, -0.05) is 6.08 Å². The van der Waals surface area contributed by atoms with Crippen molar-refractivity contribution in [1.82, 2.24) is 4.98 Å². The Labute approximate surface area is 87.1 Å². The van der Waals surface area contributed by atoms with Gasteiger partial charge in [0.2, 0.25) is 0 Å². The summed E-state index contributed by atoms with van der Waals surface area (Å²) in [6.07, 6.45) is 3.28. The molecule has 0 amide bonds. The highest BCUT2D eigenvalue weighted by atomic mass is 35.5. The van der Waals surface area contributed by atoms with Crippen molar-refractivity contribution in [1.29, 1.82) is 0 Å². The molecule has 0 bridgehead atoms. The van der Waals surface area contributed by atoms with Gasteiger partial charge in [-0.2, -0.15) is 0 Å². The molecule has 0 radical (unpaired) electrons. The molecular formula is C9H9ClN2O2. The smallest absolute Gasteiger partial charge is 0.336 e. The summed E-state index contributed by atoms with van der Waals surface area (Å²) in [5, 5.41) is 11.9. The molecule has 0 atom stereocenters. The third kappa shape index (κ3) is 1.70. The number of fused-ring (bicyclic) bond motifs is 1. The standard InChI is InChI=1S/C9H8N2O2.ClH/c12-9(13)7-3-5-11-8-6(7)2-1-4-10-8;/h1-4H,5H2,(H,10,11)(H,12,13);1H. The van der Waals surface area contributed by atoms with Gasteiger partial charge < -0.3 is 10.4 Å². The highest BCUT2D eigenvalue weighted by molar-refractivity contribution is 6.17. The van der Waals surface area contributed by atoms with Crippen LogP contribution in [0.3, 0.4) is 0 Å². The Morgan fingerprint density at radius 2 is 2.36 bits per heavy atom. The first-order valence-electron chi connectivity index (χ1n) is 3.92. The second kappa shape index (κ2) is 4.11. The van der Waals surface area contributed by atoms with Gasteiger partial charge >= 0.3 is 5.97 Å². The van der Waals surface area contributed by atoms with E-state index in [4.69, 9.17) is 5.11 Å². The molecule has 1 aromatic heterocycles. The van der Waals surface area contributed by atoms with Crippen molar-refractivity contribution in [2.45, 2.75) is 0 Å². The van der Waals surface area contributed by atoms with Crippen LogP contribution in [0.4, 0.5) is 5.82 Å². The van der Waals surface area contributed by atoms with Gasteiger partial charge in [0.15, 0.2) is 0 Å². The number of carbonyl (C=O) groups is 1. The molecule has 0 saturated heterocycles. The molecule has 2 heterocycles. The first-order chi connectivity index (χ1) is 6.29. The first kappa shape index (κ1) is 10.5. The van der Waals surface area contributed by atoms with E-state index in [9.17, 15) is 4.79 Å². The molecule has 0 aromatic carbocycles. The molecule has 0 saturated carbocycles. The Hall–Kier alpha value is -1.55. The van der Waals surface area contributed by atoms with Crippen molar-refractivity contribution < 1.29 is 9.90 Å². The van der Waals surface area contributed by atoms with Crippen LogP contribution in [-0.4, -0.2) is 22.6 Å². The number of hydrogen-bond acceptors (Lipinski definition) is 3. The van der Waals surface area contributed by atoms with Crippen LogP contribution in [0.1, 0.15) is 5.56 Å². The highest BCUT2D eigenvalue weighted by Crippen LogP contribution is 2.24. The van der Waals surface area contributed by atoms with Gasteiger partial charge in [-0.3, -0.25) is 0 Å². The second-order valence-electron chi connectivity index (χ2n) is 2.70. The third-order valence-corrected chi connectivity index (χ3v) is 1.90. The predicted octanol–water partition coefficient (Wildman–Crippen LogP) is 1.40. The van der Waals surface area contributed by atoms with Gasteiger partial charge in [0, 0.05) is 18.3 Å². The van der Waals surface area contributed by atoms with E-state index in [2.05, 4.69) is 10.3 Å². The van der Waals surface area contributed by atoms with Gasteiger partial charge in [-0.05, 0) is 12.1 Å². The zero-order valence-electron chi connectivity index (χ0n) is 7.23. The average molecular weight is 213 g/mol. The van der Waals surface area contributed by atoms with Crippen LogP contribution in [0.5, 0.6) is 0 Å². The molecule has 0 unspecified atom stereocenters. The lowest BCUT2D eigenvalue weighted by Crippen LogP contribution is -2.13. The fraction of sp³-hybridized carbons (Fsp3) is 0.111. The van der Waals surface area contributed by atoms with Gasteiger partial charge in [0.05, 0.1) is 5.57 Å². The Morgan fingerprint density at radius 3 is 3.07 bits per heavy atom. The van der Waals surface area contributed by atoms with Crippen LogP contribution in [0.2, 0.25) is 0 Å². The lowest BCUT2D eigenvalue weighted by atomic mass is 10.0. The van der Waals surface area contributed by atoms with Crippen molar-refractivity contribution in [2.75, 3.05) is 11.9 Å². The summed E-state index contributed by atoms with van der Waals surface area (Å²) < 4.78 is 0. The normalized spacial score (nSPS) is 13.0. The number of rotatable bonds is 1. The largest absolute Gasteiger partial charge is 0.478 e. The quantitative estimate of drug-likeness (QED) is 0.739. The van der Waals surface area contributed by atoms with Gasteiger partial charge in [0.25, 0.3) is 0 Å². The molecular weight excluding hydrogens is 204 g/mol. The topological polar surface area (TPSA) is 62.2 Å². The van der Waals surface area contributed by atoms with Crippen molar-refractivity contribution in [3.8, 4) is 0 Å². The summed E-state index contributed by atoms with van der Waals surface area (Å²) in [6.45, 7) is 0.519. The van der Waals surface area contributed by atoms with Crippen LogP contribution >= 0.6 is 12.4 Å². The Kier molecular flexibility index (Phi) is 3.09. The van der Waals surface area contributed by atoms with Gasteiger partial charge in [0.1, 0.15) is 5.82 Å². The predicted molar refractivity (Wildman–Crippen MR) is 55.6 cm³/mol. The molecule has 0 aliphatic carbocycles. The number of nitrogens with one attached hydrogen (secondary N) is 1. The summed E-state index contributed by atoms with van der Waals surface area (Å²) in [5.41, 5.74) is 0.975. The van der Waals surface area contributed by atoms with Crippen molar-refractivity contribution >= 4 is 29.8 Å². The number of aromatic nitrogens is 1. The molecule has 1 aromatic rings. The number of aliphatic carboxylic acids is 1. The number of carboxylic acids is 1. The van der Waals surface area contributed by atoms with E-state index in [0.717, 1.165) is 0 Å². The summed E-state index contributed by atoms with van der Waals surface area (Å²) in [5.74, 6) is -0.266. The molecule has 1 aliphatic heterocycles. The van der Waals surface area contributed by atoms with Crippen LogP contribution in [0.15, 0.2) is 24.4 Å². The maximum absolute atomic E-state index is 10.8. The minimum absolute atomic E-state index is 0. The number of pyridine rings is 1. The van der Waals surface area contributed by atoms with Crippen LogP contribution < -0.4 is 5.32 Å². The number of carboxylic acid groups (broad SMARTS) is 1. The minimum Gasteiger partial charge on any atom is -0.478 e. The molecule has 2 rings (SSSR count). The second-order valence-corrected chi connectivity index (χ2v) is 2.70. The molecule has 4 nitrogen and oxygen atoms in total. The summed E-state index contributed by atoms with van der Waals surface area (Å²) >= 11 is 0. The van der Waals surface area contributed by atoms with E-state index in [1.54, 1.807) is 24.4 Å². The Balaban J connectivity index is 0.000000980. The summed E-state index contributed by atoms with van der Waals surface area (Å²) in [7, 11) is 0. The SMILES string of the molecule is Cl.O=C(O)C1=CCNc2ncccc21. The summed E-state index contributed by atoms with van der Waals surface area (Å²) in [6, 6.07) is 3.47. The average Bonchev–Trinajstić information content (AvgIpc) is 2.17. The molecule has 0 fully saturated rings. The zero-order valence-corrected chi connectivity index (χ0v) is 8.04. The van der Waals surface area contributed by atoms with E-state index in [1.165, 1.54) is 0 Å². The van der Waals surface area contributed by atoms with Crippen LogP contribution in [0.25, 0.3) is 5.57 Å². The van der Waals surface area contributed by atoms with E-state index in [0.29, 0.717) is 23.5 Å². The number of hydrogen-bond donors (Lipinski definition) is 2. The molecule has 0 spiro atoms. The number of anilines is 1. The molecule has 14 heavy (non-hydrogen) atoms. The third-order valence-electron chi connectivity index (χ3n) is 1.90. The molecule has 5 heteroatoms. The Bertz CT molecular complexity index is 390. The molecule has 74 valence electrons. The van der Waals surface area contributed by atoms with E-state index < -0.39 is 5.97 Å². The van der Waals surface area contributed by atoms with Crippen molar-refractivity contribution in [3.63, 3.8) is 0 Å². The maximum atomic E-state index is 10.8. The minimum atomic E-state index is -0.907. The maximum Gasteiger partial charge on any atom is 0.336 e. The lowest BCUT2D eigenvalue weighted by Gasteiger charge is -2.14. The van der Waals surface area contributed by atoms with Crippen molar-refractivity contribution in [3.05, 3.63) is 30.0 Å². The van der Waals surface area contributed by atoms with Crippen LogP contribution in [-0.2, 0) is 4.79 Å². The summed E-state index contributed by atoms with van der Waals surface area (Å²) in [4.78, 5) is 14.8. The Morgan fingerprint density at radius 1 is 1.57 bits per heavy atom. The zero-order chi connectivity index (χ0) is 9.26. The first-order valence-corrected chi connectivity index (χ1v) is 3.92. The van der Waals surface area contributed by atoms with E-state index in [-0.39, 0.29) is 12.4 Å². The molecule has 2 N–H and O–H groups in total. The van der Waals surface area contributed by atoms with E-state index >= 15 is 0 Å². The lowest BCUT2D eigenvalue weighted by molar-refractivity contribution is -0.130. The van der Waals surface area contributed by atoms with Gasteiger partial charge in [-0.25, -0.2) is 9.78 Å². The monoisotopic (exact) mass is 212 g/mol. The highest BCUT2D eigenvalue weighted by Gasteiger charge is 2.17. The van der Waals surface area contributed by atoms with Crippen molar-refractivity contribution in [2.24, 2.45) is 0 Å².